The lowest BCUT2D eigenvalue weighted by Gasteiger charge is -2.25. The summed E-state index contributed by atoms with van der Waals surface area (Å²) >= 11 is 3.43. The maximum absolute atomic E-state index is 12.4. The molecule has 1 unspecified atom stereocenters. The zero-order chi connectivity index (χ0) is 13.6. The summed E-state index contributed by atoms with van der Waals surface area (Å²) in [5, 5.41) is 7.61. The molecule has 1 N–H and O–H groups in total. The summed E-state index contributed by atoms with van der Waals surface area (Å²) < 4.78 is 2.39. The molecule has 0 radical (unpaired) electrons. The molecule has 1 aromatic rings. The fraction of sp³-hybridized carbons (Fsp3) is 0.714. The van der Waals surface area contributed by atoms with Crippen LogP contribution >= 0.6 is 15.9 Å². The number of hydrogen-bond donors (Lipinski definition) is 1. The molecule has 2 aliphatic rings. The molecule has 1 atom stereocenters. The first-order chi connectivity index (χ1) is 8.97. The van der Waals surface area contributed by atoms with Gasteiger partial charge in [0.25, 0.3) is 5.56 Å². The Kier molecular flexibility index (Phi) is 3.20. The minimum atomic E-state index is 0.00368. The van der Waals surface area contributed by atoms with Crippen LogP contribution in [-0.2, 0) is 6.54 Å². The molecular formula is C14H20BrN3O. The number of nitrogens with one attached hydrogen (secondary N) is 1. The highest BCUT2D eigenvalue weighted by Crippen LogP contribution is 2.46. The van der Waals surface area contributed by atoms with Crippen LogP contribution in [0.1, 0.15) is 39.5 Å². The predicted molar refractivity (Wildman–Crippen MR) is 79.3 cm³/mol. The van der Waals surface area contributed by atoms with E-state index in [1.165, 1.54) is 19.3 Å². The highest BCUT2D eigenvalue weighted by molar-refractivity contribution is 9.10. The lowest BCUT2D eigenvalue weighted by Crippen LogP contribution is -2.31. The van der Waals surface area contributed by atoms with Gasteiger partial charge in [-0.15, -0.1) is 0 Å². The van der Waals surface area contributed by atoms with Crippen molar-refractivity contribution in [2.75, 3.05) is 5.32 Å². The highest BCUT2D eigenvalue weighted by atomic mass is 79.9. The van der Waals surface area contributed by atoms with E-state index in [-0.39, 0.29) is 5.56 Å². The average molecular weight is 326 g/mol. The number of anilines is 1. The molecular weight excluding hydrogens is 306 g/mol. The second-order valence-electron chi connectivity index (χ2n) is 6.54. The molecule has 0 saturated heterocycles. The van der Waals surface area contributed by atoms with Crippen molar-refractivity contribution in [1.29, 1.82) is 0 Å². The molecule has 0 aromatic carbocycles. The molecule has 0 aliphatic heterocycles. The Morgan fingerprint density at radius 2 is 2.21 bits per heavy atom. The second-order valence-corrected chi connectivity index (χ2v) is 7.40. The lowest BCUT2D eigenvalue weighted by molar-refractivity contribution is 0.262. The van der Waals surface area contributed by atoms with Crippen LogP contribution in [0, 0.1) is 11.3 Å². The van der Waals surface area contributed by atoms with Crippen LogP contribution in [0.15, 0.2) is 15.5 Å². The van der Waals surface area contributed by atoms with Crippen LogP contribution in [0.3, 0.4) is 0 Å². The van der Waals surface area contributed by atoms with E-state index in [0.717, 1.165) is 17.4 Å². The maximum atomic E-state index is 12.4. The van der Waals surface area contributed by atoms with Crippen LogP contribution in [0.5, 0.6) is 0 Å². The summed E-state index contributed by atoms with van der Waals surface area (Å²) in [6.45, 7) is 5.19. The molecule has 2 saturated carbocycles. The SMILES string of the molecule is CC1(C)CC1Nc1c(Br)cnn(CC2CCC2)c1=O. The summed E-state index contributed by atoms with van der Waals surface area (Å²) in [6, 6.07) is 0.399. The van der Waals surface area contributed by atoms with Crippen LogP contribution in [0.4, 0.5) is 5.69 Å². The van der Waals surface area contributed by atoms with Crippen molar-refractivity contribution in [3.05, 3.63) is 21.0 Å². The standard InChI is InChI=1S/C14H20BrN3O/c1-14(2)6-11(14)17-12-10(15)7-16-18(13(12)19)8-9-4-3-5-9/h7,9,11,17H,3-6,8H2,1-2H3. The predicted octanol–water partition coefficient (Wildman–Crippen LogP) is 3.02. The Morgan fingerprint density at radius 3 is 2.74 bits per heavy atom. The fourth-order valence-corrected chi connectivity index (χ4v) is 2.91. The average Bonchev–Trinajstić information content (AvgIpc) is 2.89. The first-order valence-electron chi connectivity index (χ1n) is 6.99. The molecule has 3 rings (SSSR count). The molecule has 5 heteroatoms. The van der Waals surface area contributed by atoms with Crippen molar-refractivity contribution >= 4 is 21.6 Å². The summed E-state index contributed by atoms with van der Waals surface area (Å²) in [6.07, 6.45) is 6.59. The van der Waals surface area contributed by atoms with Crippen molar-refractivity contribution in [2.45, 2.75) is 52.1 Å². The molecule has 0 amide bonds. The summed E-state index contributed by atoms with van der Waals surface area (Å²) in [7, 11) is 0. The van der Waals surface area contributed by atoms with Gasteiger partial charge < -0.3 is 5.32 Å². The first-order valence-corrected chi connectivity index (χ1v) is 7.79. The van der Waals surface area contributed by atoms with E-state index in [1.807, 2.05) is 0 Å². The van der Waals surface area contributed by atoms with Crippen molar-refractivity contribution in [1.82, 2.24) is 9.78 Å². The molecule has 4 nitrogen and oxygen atoms in total. The molecule has 0 spiro atoms. The molecule has 1 heterocycles. The van der Waals surface area contributed by atoms with E-state index >= 15 is 0 Å². The smallest absolute Gasteiger partial charge is 0.291 e. The summed E-state index contributed by atoms with van der Waals surface area (Å²) in [5.41, 5.74) is 0.974. The van der Waals surface area contributed by atoms with Gasteiger partial charge in [0.2, 0.25) is 0 Å². The van der Waals surface area contributed by atoms with E-state index < -0.39 is 0 Å². The van der Waals surface area contributed by atoms with Gasteiger partial charge >= 0.3 is 0 Å². The van der Waals surface area contributed by atoms with Crippen LogP contribution in [0.2, 0.25) is 0 Å². The number of aromatic nitrogens is 2. The van der Waals surface area contributed by atoms with Gasteiger partial charge in [0.15, 0.2) is 0 Å². The summed E-state index contributed by atoms with van der Waals surface area (Å²) in [5.74, 6) is 0.636. The molecule has 2 aliphatic carbocycles. The Balaban J connectivity index is 1.81. The van der Waals surface area contributed by atoms with Crippen molar-refractivity contribution < 1.29 is 0 Å². The van der Waals surface area contributed by atoms with E-state index in [0.29, 0.717) is 23.1 Å². The van der Waals surface area contributed by atoms with Gasteiger partial charge in [-0.25, -0.2) is 4.68 Å². The third-order valence-electron chi connectivity index (χ3n) is 4.49. The molecule has 0 bridgehead atoms. The van der Waals surface area contributed by atoms with Gasteiger partial charge in [-0.1, -0.05) is 20.3 Å². The van der Waals surface area contributed by atoms with Crippen LogP contribution in [-0.4, -0.2) is 15.8 Å². The molecule has 1 aromatic heterocycles. The van der Waals surface area contributed by atoms with Gasteiger partial charge in [-0.3, -0.25) is 4.79 Å². The number of nitrogens with zero attached hydrogens (tertiary/aromatic N) is 2. The second kappa shape index (κ2) is 4.62. The van der Waals surface area contributed by atoms with Crippen LogP contribution < -0.4 is 10.9 Å². The third kappa shape index (κ3) is 2.57. The highest BCUT2D eigenvalue weighted by Gasteiger charge is 2.46. The zero-order valence-electron chi connectivity index (χ0n) is 11.4. The van der Waals surface area contributed by atoms with Crippen molar-refractivity contribution in [3.8, 4) is 0 Å². The Hall–Kier alpha value is -0.840. The monoisotopic (exact) mass is 325 g/mol. The Morgan fingerprint density at radius 1 is 1.53 bits per heavy atom. The number of rotatable bonds is 4. The lowest BCUT2D eigenvalue weighted by atomic mass is 9.85. The summed E-state index contributed by atoms with van der Waals surface area (Å²) in [4.78, 5) is 12.4. The third-order valence-corrected chi connectivity index (χ3v) is 5.09. The normalized spacial score (nSPS) is 24.9. The van der Waals surface area contributed by atoms with Gasteiger partial charge in [-0.2, -0.15) is 5.10 Å². The molecule has 19 heavy (non-hydrogen) atoms. The van der Waals surface area contributed by atoms with Gasteiger partial charge in [0.1, 0.15) is 5.69 Å². The van der Waals surface area contributed by atoms with Gasteiger partial charge in [0.05, 0.1) is 10.7 Å². The van der Waals surface area contributed by atoms with Gasteiger partial charge in [0, 0.05) is 12.6 Å². The Bertz CT molecular complexity index is 548. The minimum Gasteiger partial charge on any atom is -0.376 e. The molecule has 104 valence electrons. The van der Waals surface area contributed by atoms with Crippen molar-refractivity contribution in [3.63, 3.8) is 0 Å². The Labute approximate surface area is 121 Å². The quantitative estimate of drug-likeness (QED) is 0.925. The zero-order valence-corrected chi connectivity index (χ0v) is 13.0. The van der Waals surface area contributed by atoms with E-state index in [9.17, 15) is 4.79 Å². The topological polar surface area (TPSA) is 46.9 Å². The minimum absolute atomic E-state index is 0.00368. The maximum Gasteiger partial charge on any atom is 0.291 e. The van der Waals surface area contributed by atoms with E-state index in [2.05, 4.69) is 40.2 Å². The van der Waals surface area contributed by atoms with Crippen molar-refractivity contribution in [2.24, 2.45) is 11.3 Å². The van der Waals surface area contributed by atoms with Crippen LogP contribution in [0.25, 0.3) is 0 Å². The van der Waals surface area contributed by atoms with Gasteiger partial charge in [-0.05, 0) is 46.5 Å². The van der Waals surface area contributed by atoms with E-state index in [4.69, 9.17) is 0 Å². The number of hydrogen-bond acceptors (Lipinski definition) is 3. The largest absolute Gasteiger partial charge is 0.376 e. The first kappa shape index (κ1) is 13.2. The fourth-order valence-electron chi connectivity index (χ4n) is 2.54. The number of halogens is 1. The van der Waals surface area contributed by atoms with E-state index in [1.54, 1.807) is 10.9 Å². The molecule has 2 fully saturated rings.